The average Bonchev–Trinajstić information content (AvgIpc) is 3.48. The first-order valence-corrected chi connectivity index (χ1v) is 12.3. The Hall–Kier alpha value is -5.23. The molecule has 5 aromatic rings. The molecule has 0 aliphatic heterocycles. The van der Waals surface area contributed by atoms with Crippen LogP contribution in [0.25, 0.3) is 22.4 Å². The number of nitrogens with one attached hydrogen (secondary N) is 1. The van der Waals surface area contributed by atoms with E-state index in [9.17, 15) is 9.90 Å². The first kappa shape index (κ1) is 27.3. The molecule has 0 atom stereocenters. The van der Waals surface area contributed by atoms with Gasteiger partial charge in [-0.3, -0.25) is 14.8 Å². The van der Waals surface area contributed by atoms with E-state index in [-0.39, 0.29) is 52.2 Å². The van der Waals surface area contributed by atoms with Crippen molar-refractivity contribution < 1.29 is 37.7 Å². The van der Waals surface area contributed by atoms with Gasteiger partial charge in [0.25, 0.3) is 11.8 Å². The van der Waals surface area contributed by atoms with E-state index >= 15 is 4.39 Å². The van der Waals surface area contributed by atoms with Gasteiger partial charge in [0.1, 0.15) is 22.6 Å². The molecule has 0 bridgehead atoms. The highest BCUT2D eigenvalue weighted by atomic mass is 19.1. The van der Waals surface area contributed by atoms with Gasteiger partial charge >= 0.3 is 0 Å². The van der Waals surface area contributed by atoms with E-state index in [0.29, 0.717) is 28.2 Å². The Morgan fingerprint density at radius 3 is 2.56 bits per heavy atom. The lowest BCUT2D eigenvalue weighted by molar-refractivity contribution is 0.101. The number of hydrogen-bond acceptors (Lipinski definition) is 10. The molecule has 4 heterocycles. The van der Waals surface area contributed by atoms with Gasteiger partial charge in [-0.1, -0.05) is 0 Å². The van der Waals surface area contributed by atoms with Gasteiger partial charge in [0.05, 0.1) is 49.6 Å². The van der Waals surface area contributed by atoms with E-state index < -0.39 is 11.7 Å². The molecule has 2 N–H and O–H groups in total. The highest BCUT2D eigenvalue weighted by Gasteiger charge is 2.25. The fourth-order valence-electron chi connectivity index (χ4n) is 4.30. The summed E-state index contributed by atoms with van der Waals surface area (Å²) >= 11 is 0. The molecule has 0 aliphatic rings. The number of aromatic hydroxyl groups is 1. The lowest BCUT2D eigenvalue weighted by atomic mass is 10.0. The van der Waals surface area contributed by atoms with Crippen LogP contribution in [0, 0.1) is 12.7 Å². The third-order valence-electron chi connectivity index (χ3n) is 6.13. The standard InChI is InChI=1S/C29H25FN4O7/c1-15-24(21-6-5-11-40-21)27(35)25(19(32-15)14-37-2)28(36)33-16-7-8-20(17(30)12-16)41-22-9-10-31-18-13-23(38-3)29(39-4)34-26(18)22/h5-13H,14H2,1-4H3,(H,32,35)(H,33,36). The van der Waals surface area contributed by atoms with Crippen molar-refractivity contribution in [2.45, 2.75) is 13.5 Å². The first-order chi connectivity index (χ1) is 19.8. The van der Waals surface area contributed by atoms with Gasteiger partial charge in [0.15, 0.2) is 23.1 Å². The molecule has 0 unspecified atom stereocenters. The van der Waals surface area contributed by atoms with Crippen LogP contribution in [0.3, 0.4) is 0 Å². The van der Waals surface area contributed by atoms with E-state index in [2.05, 4.69) is 20.3 Å². The Balaban J connectivity index is 1.44. The number of carbonyl (C=O) groups excluding carboxylic acids is 1. The minimum atomic E-state index is -0.757. The summed E-state index contributed by atoms with van der Waals surface area (Å²) in [6.07, 6.45) is 2.94. The van der Waals surface area contributed by atoms with Gasteiger partial charge in [0, 0.05) is 37.2 Å². The van der Waals surface area contributed by atoms with Crippen LogP contribution in [0.4, 0.5) is 10.1 Å². The number of halogens is 1. The molecule has 1 amide bonds. The van der Waals surface area contributed by atoms with Crippen molar-refractivity contribution in [3.63, 3.8) is 0 Å². The molecular weight excluding hydrogens is 535 g/mol. The summed E-state index contributed by atoms with van der Waals surface area (Å²) in [7, 11) is 4.37. The number of aryl methyl sites for hydroxylation is 1. The van der Waals surface area contributed by atoms with Crippen molar-refractivity contribution in [3.05, 3.63) is 77.7 Å². The van der Waals surface area contributed by atoms with Crippen molar-refractivity contribution in [3.8, 4) is 40.2 Å². The van der Waals surface area contributed by atoms with E-state index in [0.717, 1.165) is 6.07 Å². The number of ether oxygens (including phenoxy) is 4. The van der Waals surface area contributed by atoms with Gasteiger partial charge in [-0.25, -0.2) is 9.37 Å². The molecule has 210 valence electrons. The monoisotopic (exact) mass is 560 g/mol. The molecule has 0 radical (unpaired) electrons. The van der Waals surface area contributed by atoms with Crippen LogP contribution >= 0.6 is 0 Å². The number of furan rings is 1. The number of amides is 1. The average molecular weight is 561 g/mol. The molecule has 11 nitrogen and oxygen atoms in total. The second-order valence-electron chi connectivity index (χ2n) is 8.73. The van der Waals surface area contributed by atoms with E-state index in [1.165, 1.54) is 52.0 Å². The van der Waals surface area contributed by atoms with Gasteiger partial charge in [0.2, 0.25) is 0 Å². The fourth-order valence-corrected chi connectivity index (χ4v) is 4.30. The molecule has 12 heteroatoms. The molecule has 0 aliphatic carbocycles. The molecular formula is C29H25FN4O7. The smallest absolute Gasteiger partial charge is 0.261 e. The number of nitrogens with zero attached hydrogens (tertiary/aromatic N) is 3. The second-order valence-corrected chi connectivity index (χ2v) is 8.73. The van der Waals surface area contributed by atoms with Crippen LogP contribution in [0.15, 0.2) is 59.3 Å². The van der Waals surface area contributed by atoms with Crippen LogP contribution in [0.2, 0.25) is 0 Å². The number of rotatable bonds is 9. The zero-order valence-electron chi connectivity index (χ0n) is 22.5. The Bertz CT molecular complexity index is 1740. The predicted molar refractivity (Wildman–Crippen MR) is 146 cm³/mol. The highest BCUT2D eigenvalue weighted by molar-refractivity contribution is 6.08. The third kappa shape index (κ3) is 5.32. The largest absolute Gasteiger partial charge is 0.506 e. The Morgan fingerprint density at radius 1 is 1.05 bits per heavy atom. The van der Waals surface area contributed by atoms with Crippen LogP contribution in [0.5, 0.6) is 28.9 Å². The number of hydrogen-bond donors (Lipinski definition) is 2. The summed E-state index contributed by atoms with van der Waals surface area (Å²) in [6.45, 7) is 1.64. The van der Waals surface area contributed by atoms with Crippen LogP contribution < -0.4 is 19.5 Å². The maximum Gasteiger partial charge on any atom is 0.261 e. The molecule has 0 fully saturated rings. The van der Waals surface area contributed by atoms with Crippen molar-refractivity contribution >= 4 is 22.6 Å². The Labute approximate surface area is 233 Å². The number of anilines is 1. The van der Waals surface area contributed by atoms with Gasteiger partial charge < -0.3 is 33.8 Å². The summed E-state index contributed by atoms with van der Waals surface area (Å²) in [5, 5.41) is 13.7. The molecule has 0 saturated carbocycles. The van der Waals surface area contributed by atoms with Crippen LogP contribution in [-0.4, -0.2) is 47.3 Å². The lowest BCUT2D eigenvalue weighted by Crippen LogP contribution is -2.17. The molecule has 5 rings (SSSR count). The lowest BCUT2D eigenvalue weighted by Gasteiger charge is -2.16. The molecule has 41 heavy (non-hydrogen) atoms. The van der Waals surface area contributed by atoms with E-state index in [4.69, 9.17) is 23.4 Å². The van der Waals surface area contributed by atoms with Gasteiger partial charge in [-0.05, 0) is 31.2 Å². The maximum absolute atomic E-state index is 15.2. The number of carbonyl (C=O) groups is 1. The normalized spacial score (nSPS) is 11.0. The van der Waals surface area contributed by atoms with Crippen molar-refractivity contribution in [2.75, 3.05) is 26.6 Å². The van der Waals surface area contributed by atoms with E-state index in [1.807, 2.05) is 0 Å². The quantitative estimate of drug-likeness (QED) is 0.233. The summed E-state index contributed by atoms with van der Waals surface area (Å²) in [6, 6.07) is 10.4. The molecule has 0 saturated heterocycles. The maximum atomic E-state index is 15.2. The summed E-state index contributed by atoms with van der Waals surface area (Å²) in [5.41, 5.74) is 1.71. The fraction of sp³-hybridized carbons (Fsp3) is 0.172. The first-order valence-electron chi connectivity index (χ1n) is 12.3. The second kappa shape index (κ2) is 11.5. The van der Waals surface area contributed by atoms with Crippen LogP contribution in [0.1, 0.15) is 21.7 Å². The van der Waals surface area contributed by atoms with Crippen molar-refractivity contribution in [2.24, 2.45) is 0 Å². The number of methoxy groups -OCH3 is 3. The minimum absolute atomic E-state index is 0.0404. The number of pyridine rings is 3. The predicted octanol–water partition coefficient (Wildman–Crippen LogP) is 5.65. The number of fused-ring (bicyclic) bond motifs is 1. The van der Waals surface area contributed by atoms with Gasteiger partial charge in [-0.2, -0.15) is 0 Å². The minimum Gasteiger partial charge on any atom is -0.506 e. The zero-order chi connectivity index (χ0) is 29.1. The molecule has 0 spiro atoms. The van der Waals surface area contributed by atoms with Crippen molar-refractivity contribution in [1.29, 1.82) is 0 Å². The Morgan fingerprint density at radius 2 is 1.88 bits per heavy atom. The topological polar surface area (TPSA) is 138 Å². The highest BCUT2D eigenvalue weighted by Crippen LogP contribution is 2.38. The van der Waals surface area contributed by atoms with Crippen LogP contribution in [-0.2, 0) is 11.3 Å². The zero-order valence-corrected chi connectivity index (χ0v) is 22.5. The number of aromatic nitrogens is 3. The summed E-state index contributed by atoms with van der Waals surface area (Å²) in [4.78, 5) is 26.4. The third-order valence-corrected chi connectivity index (χ3v) is 6.13. The van der Waals surface area contributed by atoms with Crippen molar-refractivity contribution in [1.82, 2.24) is 15.0 Å². The number of benzene rings is 1. The Kier molecular flexibility index (Phi) is 7.66. The van der Waals surface area contributed by atoms with E-state index in [1.54, 1.807) is 25.1 Å². The van der Waals surface area contributed by atoms with Gasteiger partial charge in [-0.15, -0.1) is 0 Å². The summed E-state index contributed by atoms with van der Waals surface area (Å²) < 4.78 is 42.1. The molecule has 4 aromatic heterocycles. The SMILES string of the molecule is COCc1nc(C)c(-c2ccco2)c(O)c1C(=O)Nc1ccc(Oc2ccnc3cc(OC)c(OC)nc23)c(F)c1. The summed E-state index contributed by atoms with van der Waals surface area (Å²) in [5.74, 6) is -0.747. The molecule has 1 aromatic carbocycles.